The number of carbonyl (C=O) groups is 1. The third-order valence-corrected chi connectivity index (χ3v) is 2.92. The van der Waals surface area contributed by atoms with Crippen LogP contribution in [0.4, 0.5) is 13.2 Å². The van der Waals surface area contributed by atoms with Crippen LogP contribution in [0.15, 0.2) is 24.3 Å². The van der Waals surface area contributed by atoms with Crippen molar-refractivity contribution in [3.63, 3.8) is 0 Å². The van der Waals surface area contributed by atoms with Crippen LogP contribution in [0.25, 0.3) is 0 Å². The van der Waals surface area contributed by atoms with E-state index in [9.17, 15) is 18.0 Å². The van der Waals surface area contributed by atoms with Crippen LogP contribution in [0, 0.1) is 0 Å². The van der Waals surface area contributed by atoms with Gasteiger partial charge in [-0.15, -0.1) is 0 Å². The second-order valence-corrected chi connectivity index (χ2v) is 5.03. The fourth-order valence-corrected chi connectivity index (χ4v) is 1.74. The first-order valence-corrected chi connectivity index (χ1v) is 6.36. The maximum atomic E-state index is 12.4. The Morgan fingerprint density at radius 3 is 2.15 bits per heavy atom. The lowest BCUT2D eigenvalue weighted by atomic mass is 10.0. The number of amides is 1. The molecule has 20 heavy (non-hydrogen) atoms. The monoisotopic (exact) mass is 288 g/mol. The molecule has 1 rings (SSSR count). The Bertz CT molecular complexity index is 452. The van der Waals surface area contributed by atoms with Crippen molar-refractivity contribution in [2.75, 3.05) is 6.54 Å². The quantitative estimate of drug-likeness (QED) is 0.874. The maximum Gasteiger partial charge on any atom is 0.416 e. The predicted octanol–water partition coefficient (Wildman–Crippen LogP) is 2.71. The van der Waals surface area contributed by atoms with Gasteiger partial charge in [0.25, 0.3) is 0 Å². The average molecular weight is 288 g/mol. The highest BCUT2D eigenvalue weighted by atomic mass is 19.4. The zero-order valence-electron chi connectivity index (χ0n) is 11.8. The second-order valence-electron chi connectivity index (χ2n) is 5.03. The highest BCUT2D eigenvalue weighted by Crippen LogP contribution is 2.29. The Balaban J connectivity index is 2.61. The van der Waals surface area contributed by atoms with Gasteiger partial charge in [0, 0.05) is 6.54 Å². The summed E-state index contributed by atoms with van der Waals surface area (Å²) in [7, 11) is 0. The van der Waals surface area contributed by atoms with Crippen molar-refractivity contribution >= 4 is 5.91 Å². The van der Waals surface area contributed by atoms with Crippen molar-refractivity contribution in [3.8, 4) is 0 Å². The average Bonchev–Trinajstić information content (AvgIpc) is 2.35. The molecule has 1 amide bonds. The van der Waals surface area contributed by atoms with Crippen molar-refractivity contribution < 1.29 is 18.0 Å². The molecule has 0 radical (unpaired) electrons. The molecule has 0 saturated carbocycles. The third kappa shape index (κ3) is 4.52. The van der Waals surface area contributed by atoms with Gasteiger partial charge in [0.1, 0.15) is 0 Å². The van der Waals surface area contributed by atoms with Gasteiger partial charge in [-0.05, 0) is 38.1 Å². The molecule has 3 nitrogen and oxygen atoms in total. The molecule has 0 saturated heterocycles. The van der Waals surface area contributed by atoms with E-state index in [4.69, 9.17) is 0 Å². The van der Waals surface area contributed by atoms with Crippen molar-refractivity contribution in [1.29, 1.82) is 0 Å². The summed E-state index contributed by atoms with van der Waals surface area (Å²) in [6, 6.07) is 4.75. The Morgan fingerprint density at radius 1 is 1.15 bits per heavy atom. The van der Waals surface area contributed by atoms with E-state index in [2.05, 4.69) is 10.6 Å². The van der Waals surface area contributed by atoms with E-state index in [0.717, 1.165) is 12.1 Å². The van der Waals surface area contributed by atoms with E-state index in [1.54, 1.807) is 13.8 Å². The molecule has 0 heterocycles. The number of halogens is 3. The number of nitrogens with one attached hydrogen (secondary N) is 2. The minimum atomic E-state index is -4.34. The van der Waals surface area contributed by atoms with Crippen molar-refractivity contribution in [2.24, 2.45) is 0 Å². The van der Waals surface area contributed by atoms with Crippen molar-refractivity contribution in [2.45, 2.75) is 39.0 Å². The highest BCUT2D eigenvalue weighted by Gasteiger charge is 2.30. The number of carbonyl (C=O) groups excluding carboxylic acids is 1. The molecule has 0 atom stereocenters. The van der Waals surface area contributed by atoms with E-state index >= 15 is 0 Å². The molecule has 0 aliphatic rings. The summed E-state index contributed by atoms with van der Waals surface area (Å²) in [5.74, 6) is -0.195. The maximum absolute atomic E-state index is 12.4. The summed E-state index contributed by atoms with van der Waals surface area (Å²) in [5.41, 5.74) is -0.778. The lowest BCUT2D eigenvalue weighted by Gasteiger charge is -2.24. The Morgan fingerprint density at radius 2 is 1.70 bits per heavy atom. The smallest absolute Gasteiger partial charge is 0.350 e. The van der Waals surface area contributed by atoms with E-state index in [1.165, 1.54) is 12.1 Å². The first-order valence-electron chi connectivity index (χ1n) is 6.36. The molecular weight excluding hydrogens is 269 g/mol. The van der Waals surface area contributed by atoms with Gasteiger partial charge in [-0.3, -0.25) is 4.79 Å². The van der Waals surface area contributed by atoms with E-state index in [-0.39, 0.29) is 12.5 Å². The number of rotatable bonds is 5. The Hall–Kier alpha value is -1.56. The third-order valence-electron chi connectivity index (χ3n) is 2.92. The van der Waals surface area contributed by atoms with Crippen LogP contribution >= 0.6 is 0 Å². The van der Waals surface area contributed by atoms with Gasteiger partial charge in [-0.2, -0.15) is 13.2 Å². The molecule has 1 aromatic rings. The Labute approximate surface area is 116 Å². The number of hydrogen-bond donors (Lipinski definition) is 2. The molecule has 1 aromatic carbocycles. The fraction of sp³-hybridized carbons (Fsp3) is 0.500. The number of hydrogen-bond acceptors (Lipinski definition) is 2. The predicted molar refractivity (Wildman–Crippen MR) is 71.0 cm³/mol. The van der Waals surface area contributed by atoms with Gasteiger partial charge in [0.2, 0.25) is 5.91 Å². The van der Waals surface area contributed by atoms with Crippen LogP contribution in [0.5, 0.6) is 0 Å². The molecule has 0 bridgehead atoms. The number of benzene rings is 1. The number of likely N-dealkylation sites (N-methyl/N-ethyl adjacent to an activating group) is 1. The highest BCUT2D eigenvalue weighted by molar-refractivity contribution is 5.85. The lowest BCUT2D eigenvalue weighted by molar-refractivity contribution is -0.137. The van der Waals surface area contributed by atoms with Crippen LogP contribution in [-0.4, -0.2) is 18.0 Å². The van der Waals surface area contributed by atoms with Gasteiger partial charge in [0.05, 0.1) is 11.1 Å². The first-order chi connectivity index (χ1) is 9.16. The van der Waals surface area contributed by atoms with Gasteiger partial charge in [0.15, 0.2) is 0 Å². The molecule has 0 spiro atoms. The normalized spacial score (nSPS) is 12.3. The summed E-state index contributed by atoms with van der Waals surface area (Å²) in [6.07, 6.45) is -4.34. The zero-order valence-corrected chi connectivity index (χ0v) is 11.8. The summed E-state index contributed by atoms with van der Waals surface area (Å²) < 4.78 is 37.2. The van der Waals surface area contributed by atoms with Crippen LogP contribution in [0.1, 0.15) is 31.9 Å². The topological polar surface area (TPSA) is 41.1 Å². The van der Waals surface area contributed by atoms with E-state index < -0.39 is 17.3 Å². The number of alkyl halides is 3. The van der Waals surface area contributed by atoms with Gasteiger partial charge in [-0.25, -0.2) is 0 Å². The summed E-state index contributed by atoms with van der Waals surface area (Å²) >= 11 is 0. The summed E-state index contributed by atoms with van der Waals surface area (Å²) in [6.45, 7) is 6.24. The van der Waals surface area contributed by atoms with Crippen LogP contribution in [-0.2, 0) is 17.5 Å². The second kappa shape index (κ2) is 6.26. The molecule has 2 N–H and O–H groups in total. The summed E-state index contributed by atoms with van der Waals surface area (Å²) in [5, 5.41) is 5.73. The fourth-order valence-electron chi connectivity index (χ4n) is 1.74. The lowest BCUT2D eigenvalue weighted by Crippen LogP contribution is -2.52. The van der Waals surface area contributed by atoms with E-state index in [0.29, 0.717) is 12.1 Å². The molecule has 112 valence electrons. The largest absolute Gasteiger partial charge is 0.416 e. The van der Waals surface area contributed by atoms with Crippen LogP contribution in [0.2, 0.25) is 0 Å². The summed E-state index contributed by atoms with van der Waals surface area (Å²) in [4.78, 5) is 11.9. The van der Waals surface area contributed by atoms with Crippen LogP contribution < -0.4 is 10.6 Å². The standard InChI is InChI=1S/C14H19F3N2O/c1-4-19-13(2,3)12(20)18-9-10-5-7-11(8-6-10)14(15,16)17/h5-8,19H,4,9H2,1-3H3,(H,18,20). The van der Waals surface area contributed by atoms with Gasteiger partial charge >= 0.3 is 6.18 Å². The van der Waals surface area contributed by atoms with E-state index in [1.807, 2.05) is 6.92 Å². The molecular formula is C14H19F3N2O. The minimum Gasteiger partial charge on any atom is -0.350 e. The van der Waals surface area contributed by atoms with Gasteiger partial charge < -0.3 is 10.6 Å². The molecule has 0 aliphatic carbocycles. The molecule has 0 aromatic heterocycles. The van der Waals surface area contributed by atoms with Crippen molar-refractivity contribution in [3.05, 3.63) is 35.4 Å². The van der Waals surface area contributed by atoms with Crippen molar-refractivity contribution in [1.82, 2.24) is 10.6 Å². The zero-order chi connectivity index (χ0) is 15.4. The SMILES string of the molecule is CCNC(C)(C)C(=O)NCc1ccc(C(F)(F)F)cc1. The van der Waals surface area contributed by atoms with Crippen LogP contribution in [0.3, 0.4) is 0 Å². The molecule has 6 heteroatoms. The molecule has 0 fully saturated rings. The first kappa shape index (κ1) is 16.5. The minimum absolute atomic E-state index is 0.195. The molecule has 0 aliphatic heterocycles. The molecule has 0 unspecified atom stereocenters. The van der Waals surface area contributed by atoms with Gasteiger partial charge in [-0.1, -0.05) is 19.1 Å². The Kier molecular flexibility index (Phi) is 5.16.